The standard InChI is InChI=1S/C14H21NO5/c1-11(2)5-6-19-7-8-20-14-4-3-13(15(17)18)9-12(14)10-16/h3-4,9,11,16H,5-8,10H2,1-2H3. The molecule has 0 aromatic heterocycles. The minimum absolute atomic E-state index is 0.0606. The molecule has 1 aromatic rings. The predicted octanol–water partition coefficient (Wildman–Crippen LogP) is 2.53. The average molecular weight is 283 g/mol. The molecule has 1 aromatic carbocycles. The minimum atomic E-state index is -0.502. The summed E-state index contributed by atoms with van der Waals surface area (Å²) in [7, 11) is 0. The van der Waals surface area contributed by atoms with Crippen molar-refractivity contribution in [3.05, 3.63) is 33.9 Å². The summed E-state index contributed by atoms with van der Waals surface area (Å²) in [5.74, 6) is 1.05. The van der Waals surface area contributed by atoms with E-state index in [1.165, 1.54) is 18.2 Å². The fraction of sp³-hybridized carbons (Fsp3) is 0.571. The number of nitro groups is 1. The van der Waals surface area contributed by atoms with Crippen molar-refractivity contribution >= 4 is 5.69 Å². The number of rotatable bonds is 9. The van der Waals surface area contributed by atoms with Crippen LogP contribution in [0.4, 0.5) is 5.69 Å². The van der Waals surface area contributed by atoms with E-state index in [4.69, 9.17) is 9.47 Å². The van der Waals surface area contributed by atoms with E-state index in [-0.39, 0.29) is 12.3 Å². The second kappa shape index (κ2) is 8.50. The van der Waals surface area contributed by atoms with Gasteiger partial charge in [0.1, 0.15) is 12.4 Å². The minimum Gasteiger partial charge on any atom is -0.491 e. The summed E-state index contributed by atoms with van der Waals surface area (Å²) in [5.41, 5.74) is 0.343. The lowest BCUT2D eigenvalue weighted by Gasteiger charge is -2.11. The first-order valence-electron chi connectivity index (χ1n) is 6.63. The quantitative estimate of drug-likeness (QED) is 0.428. The van der Waals surface area contributed by atoms with Gasteiger partial charge >= 0.3 is 0 Å². The van der Waals surface area contributed by atoms with E-state index < -0.39 is 4.92 Å². The molecule has 0 radical (unpaired) electrons. The van der Waals surface area contributed by atoms with Crippen LogP contribution in [-0.4, -0.2) is 29.9 Å². The van der Waals surface area contributed by atoms with E-state index in [0.29, 0.717) is 37.1 Å². The maximum absolute atomic E-state index is 10.6. The van der Waals surface area contributed by atoms with Crippen LogP contribution in [0.15, 0.2) is 18.2 Å². The Morgan fingerprint density at radius 1 is 1.30 bits per heavy atom. The SMILES string of the molecule is CC(C)CCOCCOc1ccc([N+](=O)[O-])cc1CO. The van der Waals surface area contributed by atoms with Gasteiger partial charge in [0.05, 0.1) is 18.1 Å². The second-order valence-corrected chi connectivity index (χ2v) is 4.85. The molecule has 1 N–H and O–H groups in total. The summed E-state index contributed by atoms with van der Waals surface area (Å²) in [4.78, 5) is 10.1. The van der Waals surface area contributed by atoms with Gasteiger partial charge in [-0.2, -0.15) is 0 Å². The Morgan fingerprint density at radius 3 is 2.65 bits per heavy atom. The molecule has 0 spiro atoms. The molecule has 0 aliphatic rings. The second-order valence-electron chi connectivity index (χ2n) is 4.85. The highest BCUT2D eigenvalue weighted by molar-refractivity contribution is 5.43. The van der Waals surface area contributed by atoms with Gasteiger partial charge in [-0.3, -0.25) is 10.1 Å². The van der Waals surface area contributed by atoms with Crippen LogP contribution < -0.4 is 4.74 Å². The lowest BCUT2D eigenvalue weighted by atomic mass is 10.1. The first-order chi connectivity index (χ1) is 9.54. The summed E-state index contributed by atoms with van der Waals surface area (Å²) < 4.78 is 10.9. The first-order valence-corrected chi connectivity index (χ1v) is 6.63. The van der Waals surface area contributed by atoms with Gasteiger partial charge in [-0.05, 0) is 18.4 Å². The third-order valence-electron chi connectivity index (χ3n) is 2.75. The van der Waals surface area contributed by atoms with E-state index >= 15 is 0 Å². The predicted molar refractivity (Wildman–Crippen MR) is 74.8 cm³/mol. The van der Waals surface area contributed by atoms with Gasteiger partial charge in [0, 0.05) is 24.3 Å². The Balaban J connectivity index is 2.41. The van der Waals surface area contributed by atoms with Crippen LogP contribution in [0.25, 0.3) is 0 Å². The Bertz CT molecular complexity index is 434. The van der Waals surface area contributed by atoms with Crippen molar-refractivity contribution in [3.63, 3.8) is 0 Å². The van der Waals surface area contributed by atoms with Crippen LogP contribution >= 0.6 is 0 Å². The Labute approximate surface area is 118 Å². The highest BCUT2D eigenvalue weighted by atomic mass is 16.6. The molecule has 0 aliphatic heterocycles. The molecule has 6 nitrogen and oxygen atoms in total. The number of ether oxygens (including phenoxy) is 2. The molecule has 0 heterocycles. The van der Waals surface area contributed by atoms with Gasteiger partial charge in [0.2, 0.25) is 0 Å². The number of benzene rings is 1. The largest absolute Gasteiger partial charge is 0.491 e. The van der Waals surface area contributed by atoms with E-state index in [0.717, 1.165) is 6.42 Å². The van der Waals surface area contributed by atoms with Crippen LogP contribution in [0.5, 0.6) is 5.75 Å². The van der Waals surface area contributed by atoms with Crippen molar-refractivity contribution in [3.8, 4) is 5.75 Å². The van der Waals surface area contributed by atoms with E-state index in [1.54, 1.807) is 0 Å². The van der Waals surface area contributed by atoms with Crippen LogP contribution in [0, 0.1) is 16.0 Å². The average Bonchev–Trinajstić information content (AvgIpc) is 2.42. The molecule has 0 bridgehead atoms. The fourth-order valence-electron chi connectivity index (χ4n) is 1.58. The lowest BCUT2D eigenvalue weighted by Crippen LogP contribution is -2.09. The third-order valence-corrected chi connectivity index (χ3v) is 2.75. The number of hydrogen-bond donors (Lipinski definition) is 1. The number of nitro benzene ring substituents is 1. The maximum atomic E-state index is 10.6. The molecule has 0 aliphatic carbocycles. The number of hydrogen-bond acceptors (Lipinski definition) is 5. The van der Waals surface area contributed by atoms with Gasteiger partial charge in [0.25, 0.3) is 5.69 Å². The van der Waals surface area contributed by atoms with Crippen molar-refractivity contribution in [2.45, 2.75) is 26.9 Å². The van der Waals surface area contributed by atoms with Crippen LogP contribution in [0.1, 0.15) is 25.8 Å². The Morgan fingerprint density at radius 2 is 2.05 bits per heavy atom. The Kier molecular flexibility index (Phi) is 6.97. The van der Waals surface area contributed by atoms with Crippen molar-refractivity contribution < 1.29 is 19.5 Å². The summed E-state index contributed by atoms with van der Waals surface area (Å²) in [6.07, 6.45) is 0.999. The molecule has 0 fully saturated rings. The van der Waals surface area contributed by atoms with Crippen molar-refractivity contribution in [2.24, 2.45) is 5.92 Å². The molecule has 20 heavy (non-hydrogen) atoms. The first kappa shape index (κ1) is 16.4. The number of aliphatic hydroxyl groups excluding tert-OH is 1. The zero-order valence-corrected chi connectivity index (χ0v) is 11.9. The highest BCUT2D eigenvalue weighted by Gasteiger charge is 2.11. The van der Waals surface area contributed by atoms with Gasteiger partial charge in [-0.1, -0.05) is 13.8 Å². The molecule has 0 unspecified atom stereocenters. The third kappa shape index (κ3) is 5.54. The molecular weight excluding hydrogens is 262 g/mol. The molecular formula is C14H21NO5. The van der Waals surface area contributed by atoms with Gasteiger partial charge in [0.15, 0.2) is 0 Å². The van der Waals surface area contributed by atoms with Crippen molar-refractivity contribution in [1.29, 1.82) is 0 Å². The smallest absolute Gasteiger partial charge is 0.270 e. The molecule has 0 saturated heterocycles. The fourth-order valence-corrected chi connectivity index (χ4v) is 1.58. The van der Waals surface area contributed by atoms with Crippen LogP contribution in [0.2, 0.25) is 0 Å². The Hall–Kier alpha value is -1.66. The topological polar surface area (TPSA) is 81.8 Å². The zero-order chi connectivity index (χ0) is 15.0. The summed E-state index contributed by atoms with van der Waals surface area (Å²) >= 11 is 0. The summed E-state index contributed by atoms with van der Waals surface area (Å²) in [6.45, 7) is 5.45. The van der Waals surface area contributed by atoms with E-state index in [9.17, 15) is 15.2 Å². The van der Waals surface area contributed by atoms with Crippen LogP contribution in [0.3, 0.4) is 0 Å². The lowest BCUT2D eigenvalue weighted by molar-refractivity contribution is -0.385. The number of nitrogens with zero attached hydrogens (tertiary/aromatic N) is 1. The zero-order valence-electron chi connectivity index (χ0n) is 11.9. The van der Waals surface area contributed by atoms with Gasteiger partial charge < -0.3 is 14.6 Å². The van der Waals surface area contributed by atoms with Crippen molar-refractivity contribution in [1.82, 2.24) is 0 Å². The van der Waals surface area contributed by atoms with Crippen LogP contribution in [-0.2, 0) is 11.3 Å². The van der Waals surface area contributed by atoms with Gasteiger partial charge in [-0.15, -0.1) is 0 Å². The molecule has 0 atom stereocenters. The maximum Gasteiger partial charge on any atom is 0.270 e. The summed E-state index contributed by atoms with van der Waals surface area (Å²) in [6, 6.07) is 4.17. The molecule has 0 saturated carbocycles. The monoisotopic (exact) mass is 283 g/mol. The molecule has 1 rings (SSSR count). The summed E-state index contributed by atoms with van der Waals surface area (Å²) in [5, 5.41) is 19.8. The highest BCUT2D eigenvalue weighted by Crippen LogP contribution is 2.24. The molecule has 6 heteroatoms. The number of aliphatic hydroxyl groups is 1. The van der Waals surface area contributed by atoms with E-state index in [1.807, 2.05) is 0 Å². The normalized spacial score (nSPS) is 10.8. The van der Waals surface area contributed by atoms with Crippen molar-refractivity contribution in [2.75, 3.05) is 19.8 Å². The van der Waals surface area contributed by atoms with E-state index in [2.05, 4.69) is 13.8 Å². The molecule has 112 valence electrons. The molecule has 0 amide bonds. The number of non-ortho nitro benzene ring substituents is 1. The van der Waals surface area contributed by atoms with Gasteiger partial charge in [-0.25, -0.2) is 0 Å².